The van der Waals surface area contributed by atoms with Crippen LogP contribution in [0.1, 0.15) is 0 Å². The third kappa shape index (κ3) is 3.09. The maximum atomic E-state index is 12.2. The van der Waals surface area contributed by atoms with Crippen LogP contribution in [0.3, 0.4) is 0 Å². The van der Waals surface area contributed by atoms with Crippen LogP contribution < -0.4 is 10.1 Å². The van der Waals surface area contributed by atoms with Crippen molar-refractivity contribution in [2.75, 3.05) is 19.7 Å². The zero-order chi connectivity index (χ0) is 18.1. The van der Waals surface area contributed by atoms with Crippen LogP contribution in [0, 0.1) is 0 Å². The first-order chi connectivity index (χ1) is 12.6. The Bertz CT molecular complexity index is 989. The van der Waals surface area contributed by atoms with Gasteiger partial charge in [0.2, 0.25) is 5.88 Å². The number of hydrogen-bond donors (Lipinski definition) is 1. The second-order valence-electron chi connectivity index (χ2n) is 5.58. The van der Waals surface area contributed by atoms with Gasteiger partial charge in [-0.2, -0.15) is 0 Å². The third-order valence-corrected chi connectivity index (χ3v) is 5.12. The Morgan fingerprint density at radius 3 is 2.85 bits per heavy atom. The van der Waals surface area contributed by atoms with Crippen molar-refractivity contribution in [1.82, 2.24) is 20.2 Å². The molecule has 9 heteroatoms. The van der Waals surface area contributed by atoms with E-state index in [0.717, 1.165) is 26.2 Å². The normalized spacial score (nSPS) is 13.9. The quantitative estimate of drug-likeness (QED) is 0.742. The monoisotopic (exact) mass is 388 g/mol. The summed E-state index contributed by atoms with van der Waals surface area (Å²) in [7, 11) is 0. The Hall–Kier alpha value is -2.71. The predicted molar refractivity (Wildman–Crippen MR) is 98.5 cm³/mol. The summed E-state index contributed by atoms with van der Waals surface area (Å²) in [4.78, 5) is 34.1. The fraction of sp³-hybridized carbons (Fsp3) is 0.176. The van der Waals surface area contributed by atoms with Gasteiger partial charge in [-0.05, 0) is 17.7 Å². The van der Waals surface area contributed by atoms with Crippen molar-refractivity contribution in [3.63, 3.8) is 0 Å². The van der Waals surface area contributed by atoms with E-state index in [-0.39, 0.29) is 6.61 Å². The minimum Gasteiger partial charge on any atom is -0.467 e. The summed E-state index contributed by atoms with van der Waals surface area (Å²) in [6, 6.07) is 7.02. The number of amides is 3. The van der Waals surface area contributed by atoms with Gasteiger partial charge in [0.05, 0.1) is 5.39 Å². The summed E-state index contributed by atoms with van der Waals surface area (Å²) >= 11 is 7.42. The number of carbonyl (C=O) groups is 2. The van der Waals surface area contributed by atoms with E-state index in [4.69, 9.17) is 16.3 Å². The summed E-state index contributed by atoms with van der Waals surface area (Å²) in [6.45, 7) is 0.525. The van der Waals surface area contributed by atoms with Crippen LogP contribution in [0.15, 0.2) is 36.0 Å². The number of halogens is 1. The molecule has 0 atom stereocenters. The molecule has 3 aromatic rings. The fourth-order valence-corrected chi connectivity index (χ4v) is 3.75. The Labute approximate surface area is 157 Å². The van der Waals surface area contributed by atoms with E-state index in [1.807, 2.05) is 17.5 Å². The molecular formula is C17H13ClN4O3S. The molecule has 1 saturated heterocycles. The van der Waals surface area contributed by atoms with E-state index in [1.54, 1.807) is 12.1 Å². The number of rotatable bonds is 4. The van der Waals surface area contributed by atoms with Gasteiger partial charge >= 0.3 is 6.03 Å². The number of ether oxygens (including phenoxy) is 1. The highest BCUT2D eigenvalue weighted by Crippen LogP contribution is 2.37. The van der Waals surface area contributed by atoms with E-state index >= 15 is 0 Å². The number of hydrogen-bond acceptors (Lipinski definition) is 6. The SMILES string of the molecule is O=C(COc1ncnc2scc(-c3ccc(Cl)cc3)c12)N1CCNC1=O. The highest BCUT2D eigenvalue weighted by Gasteiger charge is 2.26. The number of nitrogens with one attached hydrogen (secondary N) is 1. The number of nitrogens with zero attached hydrogens (tertiary/aromatic N) is 3. The summed E-state index contributed by atoms with van der Waals surface area (Å²) in [5, 5.41) is 5.93. The molecule has 7 nitrogen and oxygen atoms in total. The second-order valence-corrected chi connectivity index (χ2v) is 6.88. The molecule has 1 aliphatic heterocycles. The highest BCUT2D eigenvalue weighted by atomic mass is 35.5. The van der Waals surface area contributed by atoms with Gasteiger partial charge in [0.1, 0.15) is 11.2 Å². The average Bonchev–Trinajstić information content (AvgIpc) is 3.27. The van der Waals surface area contributed by atoms with Crippen LogP contribution in [0.25, 0.3) is 21.3 Å². The average molecular weight is 389 g/mol. The second kappa shape index (κ2) is 6.89. The van der Waals surface area contributed by atoms with Gasteiger partial charge in [0.25, 0.3) is 5.91 Å². The minimum atomic E-state index is -0.407. The lowest BCUT2D eigenvalue weighted by Crippen LogP contribution is -2.37. The van der Waals surface area contributed by atoms with Gasteiger partial charge in [0.15, 0.2) is 6.61 Å². The molecule has 0 unspecified atom stereocenters. The Morgan fingerprint density at radius 2 is 2.12 bits per heavy atom. The first kappa shape index (κ1) is 16.7. The maximum absolute atomic E-state index is 12.2. The number of thiophene rings is 1. The largest absolute Gasteiger partial charge is 0.467 e. The Morgan fingerprint density at radius 1 is 1.31 bits per heavy atom. The smallest absolute Gasteiger partial charge is 0.324 e. The van der Waals surface area contributed by atoms with Crippen molar-refractivity contribution in [3.8, 4) is 17.0 Å². The molecule has 3 heterocycles. The van der Waals surface area contributed by atoms with Crippen molar-refractivity contribution < 1.29 is 14.3 Å². The molecule has 0 bridgehead atoms. The number of urea groups is 1. The first-order valence-electron chi connectivity index (χ1n) is 7.82. The first-order valence-corrected chi connectivity index (χ1v) is 9.08. The topological polar surface area (TPSA) is 84.4 Å². The van der Waals surface area contributed by atoms with Crippen molar-refractivity contribution >= 4 is 45.1 Å². The van der Waals surface area contributed by atoms with Crippen LogP contribution in [0.5, 0.6) is 5.88 Å². The third-order valence-electron chi connectivity index (χ3n) is 3.98. The molecular weight excluding hydrogens is 376 g/mol. The molecule has 0 saturated carbocycles. The van der Waals surface area contributed by atoms with Crippen molar-refractivity contribution in [1.29, 1.82) is 0 Å². The van der Waals surface area contributed by atoms with Gasteiger partial charge in [-0.25, -0.2) is 14.8 Å². The lowest BCUT2D eigenvalue weighted by Gasteiger charge is -2.13. The van der Waals surface area contributed by atoms with Crippen molar-refractivity contribution in [2.24, 2.45) is 0 Å². The molecule has 3 amide bonds. The van der Waals surface area contributed by atoms with E-state index in [1.165, 1.54) is 17.7 Å². The van der Waals surface area contributed by atoms with Gasteiger partial charge in [-0.3, -0.25) is 9.69 Å². The van der Waals surface area contributed by atoms with E-state index in [0.29, 0.717) is 24.0 Å². The molecule has 2 aromatic heterocycles. The van der Waals surface area contributed by atoms with Gasteiger partial charge in [-0.1, -0.05) is 23.7 Å². The van der Waals surface area contributed by atoms with Crippen molar-refractivity contribution in [2.45, 2.75) is 0 Å². The van der Waals surface area contributed by atoms with Crippen LogP contribution in [0.4, 0.5) is 4.79 Å². The summed E-state index contributed by atoms with van der Waals surface area (Å²) < 4.78 is 5.64. The number of aromatic nitrogens is 2. The molecule has 26 heavy (non-hydrogen) atoms. The predicted octanol–water partition coefficient (Wildman–Crippen LogP) is 2.94. The van der Waals surface area contributed by atoms with E-state index < -0.39 is 11.9 Å². The van der Waals surface area contributed by atoms with Crippen molar-refractivity contribution in [3.05, 3.63) is 41.0 Å². The molecule has 0 aliphatic carbocycles. The van der Waals surface area contributed by atoms with Gasteiger partial charge in [-0.15, -0.1) is 11.3 Å². The number of imide groups is 1. The zero-order valence-electron chi connectivity index (χ0n) is 13.4. The molecule has 0 radical (unpaired) electrons. The van der Waals surface area contributed by atoms with Gasteiger partial charge < -0.3 is 10.1 Å². The van der Waals surface area contributed by atoms with E-state index in [2.05, 4.69) is 15.3 Å². The lowest BCUT2D eigenvalue weighted by atomic mass is 10.1. The van der Waals surface area contributed by atoms with Crippen LogP contribution >= 0.6 is 22.9 Å². The Kier molecular flexibility index (Phi) is 4.44. The molecule has 4 rings (SSSR count). The number of fused-ring (bicyclic) bond motifs is 1. The molecule has 1 N–H and O–H groups in total. The molecule has 132 valence electrons. The van der Waals surface area contributed by atoms with Crippen LogP contribution in [-0.4, -0.2) is 46.5 Å². The maximum Gasteiger partial charge on any atom is 0.324 e. The summed E-state index contributed by atoms with van der Waals surface area (Å²) in [5.41, 5.74) is 1.86. The number of benzene rings is 1. The molecule has 0 spiro atoms. The summed E-state index contributed by atoms with van der Waals surface area (Å²) in [5.74, 6) is -0.0933. The van der Waals surface area contributed by atoms with Gasteiger partial charge in [0, 0.05) is 29.1 Å². The van der Waals surface area contributed by atoms with Crippen LogP contribution in [0.2, 0.25) is 5.02 Å². The highest BCUT2D eigenvalue weighted by molar-refractivity contribution is 7.17. The van der Waals surface area contributed by atoms with E-state index in [9.17, 15) is 9.59 Å². The lowest BCUT2D eigenvalue weighted by molar-refractivity contribution is -0.129. The summed E-state index contributed by atoms with van der Waals surface area (Å²) in [6.07, 6.45) is 1.40. The van der Waals surface area contributed by atoms with Crippen LogP contribution in [-0.2, 0) is 4.79 Å². The minimum absolute atomic E-state index is 0.268. The number of carbonyl (C=O) groups excluding carboxylic acids is 2. The standard InChI is InChI=1S/C17H13ClN4O3S/c18-11-3-1-10(2-4-11)12-8-26-16-14(12)15(20-9-21-16)25-7-13(23)22-6-5-19-17(22)24/h1-4,8-9H,5-7H2,(H,19,24). The Balaban J connectivity index is 1.63. The molecule has 1 aromatic carbocycles. The fourth-order valence-electron chi connectivity index (χ4n) is 2.72. The molecule has 1 aliphatic rings. The zero-order valence-corrected chi connectivity index (χ0v) is 15.0. The molecule has 1 fully saturated rings.